The van der Waals surface area contributed by atoms with Crippen molar-refractivity contribution in [1.29, 1.82) is 0 Å². The lowest BCUT2D eigenvalue weighted by Crippen LogP contribution is -2.00. The van der Waals surface area contributed by atoms with Crippen LogP contribution in [-0.2, 0) is 10.8 Å². The van der Waals surface area contributed by atoms with Gasteiger partial charge in [0.15, 0.2) is 0 Å². The molecule has 0 aliphatic rings. The first kappa shape index (κ1) is 19.9. The van der Waals surface area contributed by atoms with Crippen LogP contribution in [-0.4, -0.2) is 18.4 Å². The van der Waals surface area contributed by atoms with Crippen LogP contribution in [0.2, 0.25) is 0 Å². The number of rotatable bonds is 6. The van der Waals surface area contributed by atoms with Crippen LogP contribution >= 0.6 is 0 Å². The fraction of sp³-hybridized carbons (Fsp3) is 0.0769. The first-order valence-electron chi connectivity index (χ1n) is 9.60. The summed E-state index contributed by atoms with van der Waals surface area (Å²) in [6, 6.07) is 27.4. The lowest BCUT2D eigenvalue weighted by atomic mass is 10.1. The molecule has 0 radical (unpaired) electrons. The molecule has 0 bridgehead atoms. The average Bonchev–Trinajstić information content (AvgIpc) is 2.82. The van der Waals surface area contributed by atoms with Gasteiger partial charge in [-0.05, 0) is 40.8 Å². The van der Waals surface area contributed by atoms with E-state index >= 15 is 0 Å². The molecule has 0 aromatic heterocycles. The molecule has 0 unspecified atom stereocenters. The topological polar surface area (TPSA) is 35.5 Å². The lowest BCUT2D eigenvalue weighted by Gasteiger charge is -2.13. The first-order chi connectivity index (χ1) is 14.7. The summed E-state index contributed by atoms with van der Waals surface area (Å²) >= 11 is 0. The van der Waals surface area contributed by atoms with Gasteiger partial charge in [0, 0.05) is 5.39 Å². The van der Waals surface area contributed by atoms with Crippen LogP contribution in [0.4, 0.5) is 0 Å². The molecule has 0 aliphatic heterocycles. The van der Waals surface area contributed by atoms with E-state index in [1.807, 2.05) is 97.1 Å². The normalized spacial score (nSPS) is 12.2. The predicted molar refractivity (Wildman–Crippen MR) is 124 cm³/mol. The Balaban J connectivity index is 1.76. The van der Waals surface area contributed by atoms with Crippen molar-refractivity contribution in [3.8, 4) is 11.5 Å². The van der Waals surface area contributed by atoms with Crippen LogP contribution < -0.4 is 9.47 Å². The van der Waals surface area contributed by atoms with Gasteiger partial charge in [-0.15, -0.1) is 0 Å². The highest BCUT2D eigenvalue weighted by atomic mass is 32.2. The summed E-state index contributed by atoms with van der Waals surface area (Å²) in [7, 11) is 1.86. The largest absolute Gasteiger partial charge is 0.497 e. The molecule has 0 aliphatic carbocycles. The van der Waals surface area contributed by atoms with E-state index in [1.54, 1.807) is 14.2 Å². The van der Waals surface area contributed by atoms with Crippen molar-refractivity contribution in [2.75, 3.05) is 14.2 Å². The molecule has 150 valence electrons. The molecule has 0 saturated heterocycles. The van der Waals surface area contributed by atoms with Gasteiger partial charge in [-0.2, -0.15) is 0 Å². The van der Waals surface area contributed by atoms with Gasteiger partial charge in [0.2, 0.25) is 0 Å². The molecule has 30 heavy (non-hydrogen) atoms. The highest BCUT2D eigenvalue weighted by molar-refractivity contribution is 7.85. The number of methoxy groups -OCH3 is 2. The fourth-order valence-corrected chi connectivity index (χ4v) is 4.86. The van der Waals surface area contributed by atoms with Crippen molar-refractivity contribution in [2.45, 2.75) is 9.79 Å². The Bertz CT molecular complexity index is 1230. The lowest BCUT2D eigenvalue weighted by molar-refractivity contribution is 0.405. The molecule has 0 spiro atoms. The van der Waals surface area contributed by atoms with Crippen molar-refractivity contribution in [3.05, 3.63) is 96.1 Å². The molecular weight excluding hydrogens is 392 g/mol. The Morgan fingerprint density at radius 3 is 2.23 bits per heavy atom. The second-order valence-electron chi connectivity index (χ2n) is 6.73. The Kier molecular flexibility index (Phi) is 5.96. The predicted octanol–water partition coefficient (Wildman–Crippen LogP) is 6.19. The van der Waals surface area contributed by atoms with Crippen molar-refractivity contribution >= 4 is 33.7 Å². The van der Waals surface area contributed by atoms with E-state index in [2.05, 4.69) is 0 Å². The van der Waals surface area contributed by atoms with Gasteiger partial charge >= 0.3 is 0 Å². The zero-order chi connectivity index (χ0) is 20.9. The number of fused-ring (bicyclic) bond motifs is 1. The van der Waals surface area contributed by atoms with E-state index in [9.17, 15) is 4.21 Å². The molecule has 4 aromatic rings. The number of hydrogen-bond acceptors (Lipinski definition) is 3. The van der Waals surface area contributed by atoms with Crippen molar-refractivity contribution in [1.82, 2.24) is 0 Å². The van der Waals surface area contributed by atoms with Crippen LogP contribution in [0.15, 0.2) is 94.7 Å². The second kappa shape index (κ2) is 8.97. The SMILES string of the molecule is COc1ccc(/C=C/c2ccccc2[S@@](=O)c2c(OC)ccc3ccccc23)cc1. The summed E-state index contributed by atoms with van der Waals surface area (Å²) < 4.78 is 24.5. The zero-order valence-corrected chi connectivity index (χ0v) is 17.7. The number of hydrogen-bond donors (Lipinski definition) is 0. The molecular formula is C26H22O3S. The third kappa shape index (κ3) is 4.00. The van der Waals surface area contributed by atoms with Gasteiger partial charge in [-0.1, -0.05) is 72.8 Å². The molecule has 1 atom stereocenters. The van der Waals surface area contributed by atoms with E-state index in [0.717, 1.165) is 32.5 Å². The number of benzene rings is 4. The molecule has 0 heterocycles. The van der Waals surface area contributed by atoms with E-state index in [-0.39, 0.29) is 0 Å². The maximum absolute atomic E-state index is 13.7. The monoisotopic (exact) mass is 414 g/mol. The summed E-state index contributed by atoms with van der Waals surface area (Å²) in [6.45, 7) is 0. The summed E-state index contributed by atoms with van der Waals surface area (Å²) in [5.74, 6) is 1.44. The van der Waals surface area contributed by atoms with Crippen LogP contribution in [0.3, 0.4) is 0 Å². The Labute approximate surface area is 179 Å². The molecule has 0 saturated carbocycles. The Hall–Kier alpha value is -3.37. The van der Waals surface area contributed by atoms with E-state index in [0.29, 0.717) is 10.6 Å². The fourth-order valence-electron chi connectivity index (χ4n) is 3.37. The molecule has 0 fully saturated rings. The van der Waals surface area contributed by atoms with Crippen LogP contribution in [0.5, 0.6) is 11.5 Å². The third-order valence-corrected chi connectivity index (χ3v) is 6.50. The third-order valence-electron chi connectivity index (χ3n) is 4.94. The first-order valence-corrected chi connectivity index (χ1v) is 10.7. The summed E-state index contributed by atoms with van der Waals surface area (Å²) in [6.07, 6.45) is 4.00. The molecule has 4 rings (SSSR count). The van der Waals surface area contributed by atoms with Crippen molar-refractivity contribution < 1.29 is 13.7 Å². The Morgan fingerprint density at radius 1 is 0.733 bits per heavy atom. The smallest absolute Gasteiger partial charge is 0.136 e. The van der Waals surface area contributed by atoms with Gasteiger partial charge in [0.1, 0.15) is 11.5 Å². The molecule has 4 aromatic carbocycles. The Morgan fingerprint density at radius 2 is 1.47 bits per heavy atom. The molecule has 0 N–H and O–H groups in total. The minimum atomic E-state index is -1.40. The van der Waals surface area contributed by atoms with Crippen LogP contribution in [0.1, 0.15) is 11.1 Å². The second-order valence-corrected chi connectivity index (χ2v) is 8.12. The molecule has 4 heteroatoms. The van der Waals surface area contributed by atoms with Crippen molar-refractivity contribution in [2.24, 2.45) is 0 Å². The zero-order valence-electron chi connectivity index (χ0n) is 16.9. The quantitative estimate of drug-likeness (QED) is 0.353. The van der Waals surface area contributed by atoms with Gasteiger partial charge in [0.05, 0.1) is 34.8 Å². The van der Waals surface area contributed by atoms with E-state index in [4.69, 9.17) is 9.47 Å². The van der Waals surface area contributed by atoms with Gasteiger partial charge in [0.25, 0.3) is 0 Å². The van der Waals surface area contributed by atoms with Crippen LogP contribution in [0, 0.1) is 0 Å². The summed E-state index contributed by atoms with van der Waals surface area (Å²) in [4.78, 5) is 1.44. The molecule has 0 amide bonds. The minimum Gasteiger partial charge on any atom is -0.497 e. The van der Waals surface area contributed by atoms with Crippen molar-refractivity contribution in [3.63, 3.8) is 0 Å². The summed E-state index contributed by atoms with van der Waals surface area (Å²) in [5, 5.41) is 1.97. The maximum Gasteiger partial charge on any atom is 0.136 e. The maximum atomic E-state index is 13.7. The highest BCUT2D eigenvalue weighted by Crippen LogP contribution is 2.35. The number of ether oxygens (including phenoxy) is 2. The minimum absolute atomic E-state index is 0.626. The van der Waals surface area contributed by atoms with Gasteiger partial charge in [-0.3, -0.25) is 0 Å². The van der Waals surface area contributed by atoms with Crippen LogP contribution in [0.25, 0.3) is 22.9 Å². The average molecular weight is 415 g/mol. The molecule has 3 nitrogen and oxygen atoms in total. The van der Waals surface area contributed by atoms with E-state index in [1.165, 1.54) is 0 Å². The van der Waals surface area contributed by atoms with Gasteiger partial charge < -0.3 is 9.47 Å². The van der Waals surface area contributed by atoms with E-state index < -0.39 is 10.8 Å². The summed E-state index contributed by atoms with van der Waals surface area (Å²) in [5.41, 5.74) is 1.95. The van der Waals surface area contributed by atoms with Gasteiger partial charge in [-0.25, -0.2) is 4.21 Å². The highest BCUT2D eigenvalue weighted by Gasteiger charge is 2.18. The standard InChI is InChI=1S/C26H22O3S/c1-28-22-16-12-19(13-17-22)11-14-21-8-4-6-10-25(21)30(27)26-23-9-5-3-7-20(23)15-18-24(26)29-2/h3-18H,1-2H3/b14-11+/t30-/m1/s1.